The van der Waals surface area contributed by atoms with E-state index < -0.39 is 41.8 Å². The van der Waals surface area contributed by atoms with Crippen LogP contribution in [-0.2, 0) is 14.3 Å². The van der Waals surface area contributed by atoms with Crippen molar-refractivity contribution in [2.75, 3.05) is 13.2 Å². The maximum Gasteiger partial charge on any atom is 0.408 e. The fourth-order valence-corrected chi connectivity index (χ4v) is 3.60. The molecule has 2 unspecified atom stereocenters. The van der Waals surface area contributed by atoms with Gasteiger partial charge in [-0.05, 0) is 59.9 Å². The second-order valence-electron chi connectivity index (χ2n) is 10.6. The minimum absolute atomic E-state index is 0.297. The maximum atomic E-state index is 13.9. The van der Waals surface area contributed by atoms with Crippen LogP contribution < -0.4 is 10.6 Å². The molecule has 2 atom stereocenters. The smallest absolute Gasteiger partial charge is 0.408 e. The van der Waals surface area contributed by atoms with Crippen LogP contribution in [0.4, 0.5) is 4.79 Å². The number of amides is 3. The van der Waals surface area contributed by atoms with E-state index >= 15 is 0 Å². The third-order valence-corrected chi connectivity index (χ3v) is 5.91. The van der Waals surface area contributed by atoms with Crippen LogP contribution in [0.25, 0.3) is 0 Å². The molecule has 0 radical (unpaired) electrons. The number of benzene rings is 1. The number of ether oxygens (including phenoxy) is 1. The molecule has 0 bridgehead atoms. The number of nitrogens with zero attached hydrogens (tertiary/aromatic N) is 1. The molecule has 0 aliphatic rings. The number of aryl methyl sites for hydroxylation is 1. The van der Waals surface area contributed by atoms with Gasteiger partial charge < -0.3 is 25.4 Å². The van der Waals surface area contributed by atoms with Crippen LogP contribution in [0.15, 0.2) is 24.3 Å². The Morgan fingerprint density at radius 2 is 1.63 bits per heavy atom. The number of hydrogen-bond acceptors (Lipinski definition) is 5. The lowest BCUT2D eigenvalue weighted by Gasteiger charge is -2.44. The first-order valence-corrected chi connectivity index (χ1v) is 12.5. The molecule has 0 saturated carbocycles. The molecular weight excluding hydrogens is 446 g/mol. The van der Waals surface area contributed by atoms with Crippen molar-refractivity contribution in [3.05, 3.63) is 35.4 Å². The normalized spacial score (nSPS) is 13.5. The molecule has 35 heavy (non-hydrogen) atoms. The lowest BCUT2D eigenvalue weighted by Crippen LogP contribution is -2.60. The molecule has 0 aromatic heterocycles. The van der Waals surface area contributed by atoms with Crippen molar-refractivity contribution >= 4 is 17.9 Å². The summed E-state index contributed by atoms with van der Waals surface area (Å²) < 4.78 is 5.28. The van der Waals surface area contributed by atoms with Crippen molar-refractivity contribution in [1.82, 2.24) is 15.5 Å². The number of hydrogen-bond donors (Lipinski definition) is 3. The van der Waals surface area contributed by atoms with Gasteiger partial charge in [-0.15, -0.1) is 0 Å². The number of aliphatic hydroxyl groups is 1. The molecule has 3 N–H and O–H groups in total. The molecule has 0 spiro atoms. The van der Waals surface area contributed by atoms with E-state index in [1.807, 2.05) is 52.0 Å². The fourth-order valence-electron chi connectivity index (χ4n) is 3.60. The summed E-state index contributed by atoms with van der Waals surface area (Å²) in [5.41, 5.74) is 0.171. The molecule has 0 heterocycles. The fraction of sp³-hybridized carbons (Fsp3) is 0.667. The quantitative estimate of drug-likeness (QED) is 0.379. The first kappa shape index (κ1) is 30.4. The highest BCUT2D eigenvalue weighted by atomic mass is 16.6. The standard InChI is InChI=1S/C27H45N3O5/c1-9-11-12-17-28-23(32)22(20-15-13-19(3)14-16-20)30(27(7,8)10-2)24(33)21(18-31)29-25(34)35-26(4,5)6/h13-16,21-22,31H,9-12,17-18H2,1-8H3,(H,28,32)(H,29,34). The zero-order chi connectivity index (χ0) is 26.8. The Balaban J connectivity index is 3.43. The van der Waals surface area contributed by atoms with Gasteiger partial charge in [-0.1, -0.05) is 56.5 Å². The zero-order valence-electron chi connectivity index (χ0n) is 22.7. The Morgan fingerprint density at radius 1 is 1.03 bits per heavy atom. The summed E-state index contributed by atoms with van der Waals surface area (Å²) in [6.45, 7) is 14.7. The van der Waals surface area contributed by atoms with E-state index in [2.05, 4.69) is 17.6 Å². The van der Waals surface area contributed by atoms with Crippen molar-refractivity contribution in [2.24, 2.45) is 0 Å². The van der Waals surface area contributed by atoms with Crippen molar-refractivity contribution in [1.29, 1.82) is 0 Å². The second-order valence-corrected chi connectivity index (χ2v) is 10.6. The number of aliphatic hydroxyl groups excluding tert-OH is 1. The molecule has 0 fully saturated rings. The first-order valence-electron chi connectivity index (χ1n) is 12.5. The minimum Gasteiger partial charge on any atom is -0.444 e. The monoisotopic (exact) mass is 491 g/mol. The Kier molecular flexibility index (Phi) is 11.7. The summed E-state index contributed by atoms with van der Waals surface area (Å²) in [7, 11) is 0. The number of alkyl carbamates (subject to hydrolysis) is 1. The van der Waals surface area contributed by atoms with Crippen LogP contribution >= 0.6 is 0 Å². The number of carbonyl (C=O) groups is 3. The SMILES string of the molecule is CCCCCNC(=O)C(c1ccc(C)cc1)N(C(=O)C(CO)NC(=O)OC(C)(C)C)C(C)(C)CC. The van der Waals surface area contributed by atoms with Gasteiger partial charge in [0.25, 0.3) is 0 Å². The topological polar surface area (TPSA) is 108 Å². The summed E-state index contributed by atoms with van der Waals surface area (Å²) in [5.74, 6) is -0.853. The zero-order valence-corrected chi connectivity index (χ0v) is 22.7. The third kappa shape index (κ3) is 9.51. The van der Waals surface area contributed by atoms with E-state index in [0.29, 0.717) is 18.5 Å². The minimum atomic E-state index is -1.27. The van der Waals surface area contributed by atoms with E-state index in [1.165, 1.54) is 4.90 Å². The van der Waals surface area contributed by atoms with Crippen molar-refractivity contribution in [3.63, 3.8) is 0 Å². The summed E-state index contributed by atoms with van der Waals surface area (Å²) in [4.78, 5) is 41.3. The van der Waals surface area contributed by atoms with Crippen LogP contribution in [0.1, 0.15) is 91.3 Å². The molecule has 0 saturated heterocycles. The van der Waals surface area contributed by atoms with E-state index in [1.54, 1.807) is 20.8 Å². The molecule has 1 aromatic carbocycles. The molecule has 3 amide bonds. The van der Waals surface area contributed by atoms with Crippen LogP contribution in [0.2, 0.25) is 0 Å². The third-order valence-electron chi connectivity index (χ3n) is 5.91. The van der Waals surface area contributed by atoms with Crippen LogP contribution in [-0.4, -0.2) is 58.2 Å². The van der Waals surface area contributed by atoms with Gasteiger partial charge >= 0.3 is 6.09 Å². The van der Waals surface area contributed by atoms with Gasteiger partial charge in [-0.3, -0.25) is 9.59 Å². The van der Waals surface area contributed by atoms with Crippen molar-refractivity contribution in [3.8, 4) is 0 Å². The summed E-state index contributed by atoms with van der Waals surface area (Å²) in [6.07, 6.45) is 2.60. The summed E-state index contributed by atoms with van der Waals surface area (Å²) in [5, 5.41) is 15.5. The Hall–Kier alpha value is -2.61. The first-order chi connectivity index (χ1) is 16.3. The van der Waals surface area contributed by atoms with E-state index in [0.717, 1.165) is 24.8 Å². The molecule has 8 heteroatoms. The predicted molar refractivity (Wildman–Crippen MR) is 138 cm³/mol. The average Bonchev–Trinajstić information content (AvgIpc) is 2.77. The van der Waals surface area contributed by atoms with Gasteiger partial charge in [0.15, 0.2) is 0 Å². The maximum absolute atomic E-state index is 13.9. The number of rotatable bonds is 12. The summed E-state index contributed by atoms with van der Waals surface area (Å²) in [6, 6.07) is 5.28. The van der Waals surface area contributed by atoms with Gasteiger partial charge in [-0.2, -0.15) is 0 Å². The van der Waals surface area contributed by atoms with E-state index in [4.69, 9.17) is 4.74 Å². The van der Waals surface area contributed by atoms with Gasteiger partial charge in [0.1, 0.15) is 17.7 Å². The highest BCUT2D eigenvalue weighted by molar-refractivity contribution is 5.92. The molecule has 198 valence electrons. The van der Waals surface area contributed by atoms with Crippen LogP contribution in [0, 0.1) is 6.92 Å². The molecule has 0 aliphatic heterocycles. The van der Waals surface area contributed by atoms with Crippen LogP contribution in [0.3, 0.4) is 0 Å². The van der Waals surface area contributed by atoms with Gasteiger partial charge in [0, 0.05) is 12.1 Å². The lowest BCUT2D eigenvalue weighted by atomic mass is 9.91. The van der Waals surface area contributed by atoms with Crippen LogP contribution in [0.5, 0.6) is 0 Å². The highest BCUT2D eigenvalue weighted by Crippen LogP contribution is 2.32. The Labute approximate surface area is 210 Å². The number of nitrogens with one attached hydrogen (secondary N) is 2. The lowest BCUT2D eigenvalue weighted by molar-refractivity contribution is -0.150. The van der Waals surface area contributed by atoms with Gasteiger partial charge in [-0.25, -0.2) is 4.79 Å². The Morgan fingerprint density at radius 3 is 2.11 bits per heavy atom. The van der Waals surface area contributed by atoms with E-state index in [-0.39, 0.29) is 5.91 Å². The van der Waals surface area contributed by atoms with Gasteiger partial charge in [0.05, 0.1) is 6.61 Å². The summed E-state index contributed by atoms with van der Waals surface area (Å²) >= 11 is 0. The molecule has 0 aliphatic carbocycles. The van der Waals surface area contributed by atoms with Crippen molar-refractivity contribution < 1.29 is 24.2 Å². The van der Waals surface area contributed by atoms with Crippen molar-refractivity contribution in [2.45, 2.75) is 104 Å². The second kappa shape index (κ2) is 13.5. The molecule has 8 nitrogen and oxygen atoms in total. The van der Waals surface area contributed by atoms with E-state index in [9.17, 15) is 19.5 Å². The predicted octanol–water partition coefficient (Wildman–Crippen LogP) is 4.25. The molecule has 1 rings (SSSR count). The molecule has 1 aromatic rings. The number of unbranched alkanes of at least 4 members (excludes halogenated alkanes) is 2. The average molecular weight is 492 g/mol. The highest BCUT2D eigenvalue weighted by Gasteiger charge is 2.42. The largest absolute Gasteiger partial charge is 0.444 e. The van der Waals surface area contributed by atoms with Gasteiger partial charge in [0.2, 0.25) is 11.8 Å². The number of carbonyl (C=O) groups excluding carboxylic acids is 3. The Bertz CT molecular complexity index is 830. The molecular formula is C27H45N3O5.